The summed E-state index contributed by atoms with van der Waals surface area (Å²) in [7, 11) is 1.38. The minimum atomic E-state index is -1.10. The highest BCUT2D eigenvalue weighted by atomic mass is 35.5. The molecule has 294 valence electrons. The predicted octanol–water partition coefficient (Wildman–Crippen LogP) is 2.30. The number of carbonyl (C=O) groups is 5. The van der Waals surface area contributed by atoms with Crippen molar-refractivity contribution >= 4 is 59.5 Å². The number of thioether (sulfide) groups is 1. The minimum absolute atomic E-state index is 0. The summed E-state index contributed by atoms with van der Waals surface area (Å²) in [4.78, 5) is 77.3. The van der Waals surface area contributed by atoms with Crippen molar-refractivity contribution < 1.29 is 38.7 Å². The number of nitrogens with two attached hydrogens (primary N) is 1. The van der Waals surface area contributed by atoms with E-state index in [0.29, 0.717) is 30.6 Å². The van der Waals surface area contributed by atoms with Crippen molar-refractivity contribution in [3.8, 4) is 5.75 Å². The number of methoxy groups -OCH3 is 1. The normalized spacial score (nSPS) is 23.8. The van der Waals surface area contributed by atoms with Crippen LogP contribution in [0, 0.1) is 27.4 Å². The SMILES string of the molecule is COC(=O)C12CC3CC(CC(NC(=O)[C@H](Cc4ccc([N+](=O)[O-])cc4)NC(=O)CNC(=O)[C@@H](CCSC)NC(=O)[C@@H](N)Cc4ccc(O)cc4)(C3)C1)C2.Cl. The Morgan fingerprint density at radius 2 is 1.54 bits per heavy atom. The highest BCUT2D eigenvalue weighted by Gasteiger charge is 2.61. The molecule has 0 spiro atoms. The van der Waals surface area contributed by atoms with Crippen molar-refractivity contribution in [3.63, 3.8) is 0 Å². The van der Waals surface area contributed by atoms with Gasteiger partial charge in [0.2, 0.25) is 23.6 Å². The van der Waals surface area contributed by atoms with Crippen LogP contribution in [0.15, 0.2) is 48.5 Å². The first kappa shape index (κ1) is 42.3. The molecule has 0 saturated heterocycles. The van der Waals surface area contributed by atoms with Crippen molar-refractivity contribution in [2.24, 2.45) is 23.0 Å². The van der Waals surface area contributed by atoms with Gasteiger partial charge < -0.3 is 36.8 Å². The van der Waals surface area contributed by atoms with Gasteiger partial charge in [0.1, 0.15) is 17.8 Å². The number of benzene rings is 2. The number of nitro benzene ring substituents is 1. The molecule has 54 heavy (non-hydrogen) atoms. The number of hydrogen-bond donors (Lipinski definition) is 6. The summed E-state index contributed by atoms with van der Waals surface area (Å²) >= 11 is 1.48. The summed E-state index contributed by atoms with van der Waals surface area (Å²) in [6.45, 7) is -0.491. The Kier molecular flexibility index (Phi) is 14.3. The molecule has 4 aliphatic carbocycles. The zero-order chi connectivity index (χ0) is 38.3. The molecule has 0 aliphatic heterocycles. The average Bonchev–Trinajstić information content (AvgIpc) is 3.11. The van der Waals surface area contributed by atoms with E-state index in [1.54, 1.807) is 12.1 Å². The lowest BCUT2D eigenvalue weighted by atomic mass is 9.47. The maximum absolute atomic E-state index is 14.1. The standard InChI is InChI=1S/C37H48N6O9S.ClH/c1-52-35(49)36-16-24-13-25(17-36)19-37(18-24,21-36)42-34(48)30(15-23-3-7-26(8-4-23)43(50)51)40-31(45)20-39-33(47)29(11-12-53-2)41-32(46)28(38)14-22-5-9-27(44)10-6-22;/h3-10,24-25,28-30,44H,11-21,38H2,1-2H3,(H,39,47)(H,40,45)(H,41,46)(H,42,48);1H/t24?,25?,28-,29+,30-,36?,37?;/m0./s1. The second-order valence-corrected chi connectivity index (χ2v) is 15.8. The number of aromatic hydroxyl groups is 1. The van der Waals surface area contributed by atoms with E-state index < -0.39 is 64.2 Å². The van der Waals surface area contributed by atoms with Crippen molar-refractivity contribution in [3.05, 3.63) is 69.8 Å². The smallest absolute Gasteiger partial charge is 0.311 e. The Labute approximate surface area is 324 Å². The largest absolute Gasteiger partial charge is 0.508 e. The molecule has 4 bridgehead atoms. The quantitative estimate of drug-likeness (QED) is 0.0774. The third kappa shape index (κ3) is 10.4. The lowest BCUT2D eigenvalue weighted by Crippen LogP contribution is -2.67. The summed E-state index contributed by atoms with van der Waals surface area (Å²) in [6, 6.07) is 8.92. The topological polar surface area (TPSA) is 232 Å². The number of non-ortho nitro benzene ring substituents is 1. The first-order valence-electron chi connectivity index (χ1n) is 17.8. The summed E-state index contributed by atoms with van der Waals surface area (Å²) in [5, 5.41) is 31.9. The van der Waals surface area contributed by atoms with Gasteiger partial charge in [0.25, 0.3) is 5.69 Å². The molecular formula is C37H49ClN6O9S. The van der Waals surface area contributed by atoms with Crippen LogP contribution in [0.5, 0.6) is 5.75 Å². The van der Waals surface area contributed by atoms with Crippen LogP contribution < -0.4 is 27.0 Å². The van der Waals surface area contributed by atoms with Gasteiger partial charge in [0.05, 0.1) is 30.0 Å². The Balaban J connectivity index is 0.00000650. The Hall–Kier alpha value is -4.41. The van der Waals surface area contributed by atoms with E-state index in [4.69, 9.17) is 10.5 Å². The first-order valence-corrected chi connectivity index (χ1v) is 19.2. The number of esters is 1. The molecule has 6 rings (SSSR count). The number of amides is 4. The fourth-order valence-electron chi connectivity index (χ4n) is 8.71. The molecule has 0 heterocycles. The zero-order valence-electron chi connectivity index (χ0n) is 30.3. The molecule has 0 aromatic heterocycles. The third-order valence-corrected chi connectivity index (χ3v) is 11.3. The number of nitrogens with zero attached hydrogens (tertiary/aromatic N) is 1. The maximum atomic E-state index is 14.1. The van der Waals surface area contributed by atoms with Crippen LogP contribution in [-0.4, -0.2) is 89.0 Å². The van der Waals surface area contributed by atoms with Crippen molar-refractivity contribution in [2.75, 3.05) is 25.7 Å². The molecule has 4 amide bonds. The van der Waals surface area contributed by atoms with Crippen LogP contribution in [0.4, 0.5) is 5.69 Å². The van der Waals surface area contributed by atoms with Gasteiger partial charge in [-0.1, -0.05) is 24.3 Å². The van der Waals surface area contributed by atoms with Gasteiger partial charge in [-0.15, -0.1) is 12.4 Å². The highest BCUT2D eigenvalue weighted by molar-refractivity contribution is 7.98. The third-order valence-electron chi connectivity index (χ3n) is 10.7. The van der Waals surface area contributed by atoms with E-state index in [-0.39, 0.29) is 60.9 Å². The molecule has 2 aromatic carbocycles. The molecule has 0 radical (unpaired) electrons. The summed E-state index contributed by atoms with van der Waals surface area (Å²) in [6.07, 6.45) is 6.62. The first-order chi connectivity index (χ1) is 25.2. The molecule has 7 N–H and O–H groups in total. The molecule has 2 aromatic rings. The van der Waals surface area contributed by atoms with Crippen LogP contribution in [-0.2, 0) is 41.6 Å². The van der Waals surface area contributed by atoms with Crippen molar-refractivity contribution in [1.29, 1.82) is 0 Å². The van der Waals surface area contributed by atoms with Gasteiger partial charge in [-0.05, 0) is 98.5 Å². The molecule has 4 fully saturated rings. The molecule has 17 heteroatoms. The lowest BCUT2D eigenvalue weighted by molar-refractivity contribution is -0.384. The Morgan fingerprint density at radius 1 is 0.926 bits per heavy atom. The fraction of sp³-hybridized carbons (Fsp3) is 0.541. The van der Waals surface area contributed by atoms with Crippen LogP contribution in [0.1, 0.15) is 56.1 Å². The van der Waals surface area contributed by atoms with E-state index in [2.05, 4.69) is 21.3 Å². The van der Waals surface area contributed by atoms with Gasteiger partial charge in [-0.2, -0.15) is 11.8 Å². The number of halogens is 1. The van der Waals surface area contributed by atoms with Gasteiger partial charge in [-0.25, -0.2) is 0 Å². The number of phenols is 1. The second-order valence-electron chi connectivity index (χ2n) is 14.8. The van der Waals surface area contributed by atoms with Gasteiger partial charge in [0, 0.05) is 24.1 Å². The van der Waals surface area contributed by atoms with Crippen LogP contribution >= 0.6 is 24.2 Å². The van der Waals surface area contributed by atoms with Gasteiger partial charge in [-0.3, -0.25) is 34.1 Å². The number of hydrogen-bond acceptors (Lipinski definition) is 11. The fourth-order valence-corrected chi connectivity index (χ4v) is 9.18. The number of rotatable bonds is 17. The summed E-state index contributed by atoms with van der Waals surface area (Å²) in [5.41, 5.74) is 6.00. The van der Waals surface area contributed by atoms with Crippen molar-refractivity contribution in [2.45, 2.75) is 81.5 Å². The zero-order valence-corrected chi connectivity index (χ0v) is 32.0. The molecule has 4 aliphatic rings. The van der Waals surface area contributed by atoms with Gasteiger partial charge >= 0.3 is 5.97 Å². The molecule has 5 atom stereocenters. The van der Waals surface area contributed by atoms with E-state index in [9.17, 15) is 39.2 Å². The van der Waals surface area contributed by atoms with E-state index in [0.717, 1.165) is 24.8 Å². The Bertz CT molecular complexity index is 1680. The monoisotopic (exact) mass is 788 g/mol. The number of nitrogens with one attached hydrogen (secondary N) is 4. The minimum Gasteiger partial charge on any atom is -0.508 e. The number of phenolic OH excluding ortho intramolecular Hbond substituents is 1. The van der Waals surface area contributed by atoms with Gasteiger partial charge in [0.15, 0.2) is 0 Å². The van der Waals surface area contributed by atoms with Crippen LogP contribution in [0.25, 0.3) is 0 Å². The van der Waals surface area contributed by atoms with Crippen molar-refractivity contribution in [1.82, 2.24) is 21.3 Å². The Morgan fingerprint density at radius 3 is 2.13 bits per heavy atom. The maximum Gasteiger partial charge on any atom is 0.311 e. The van der Waals surface area contributed by atoms with E-state index in [1.807, 2.05) is 6.26 Å². The highest BCUT2D eigenvalue weighted by Crippen LogP contribution is 2.62. The average molecular weight is 789 g/mol. The molecular weight excluding hydrogens is 740 g/mol. The van der Waals surface area contributed by atoms with Crippen LogP contribution in [0.3, 0.4) is 0 Å². The van der Waals surface area contributed by atoms with E-state index >= 15 is 0 Å². The second kappa shape index (κ2) is 18.3. The van der Waals surface area contributed by atoms with Crippen LogP contribution in [0.2, 0.25) is 0 Å². The molecule has 2 unspecified atom stereocenters. The predicted molar refractivity (Wildman–Crippen MR) is 204 cm³/mol. The number of ether oxygens (including phenoxy) is 1. The number of carbonyl (C=O) groups excluding carboxylic acids is 5. The van der Waals surface area contributed by atoms with E-state index in [1.165, 1.54) is 55.3 Å². The summed E-state index contributed by atoms with van der Waals surface area (Å²) < 4.78 is 5.21. The number of nitro groups is 1. The molecule has 15 nitrogen and oxygen atoms in total. The molecule has 4 saturated carbocycles. The summed E-state index contributed by atoms with van der Waals surface area (Å²) in [5.74, 6) is -1.39. The lowest BCUT2D eigenvalue weighted by Gasteiger charge is -2.60.